The molecule has 0 heterocycles. The Morgan fingerprint density at radius 3 is 2.29 bits per heavy atom. The second-order valence-corrected chi connectivity index (χ2v) is 0.804. The maximum absolute atomic E-state index is 4.48. The molecule has 3 nitrogen and oxygen atoms in total. The van der Waals surface area contributed by atoms with E-state index in [1.807, 2.05) is 6.92 Å². The molecule has 0 aromatic heterocycles. The molecule has 4 heteroatoms. The highest BCUT2D eigenvalue weighted by Gasteiger charge is 1.67. The molecule has 0 radical (unpaired) electrons. The van der Waals surface area contributed by atoms with Crippen molar-refractivity contribution >= 4 is 12.4 Å². The van der Waals surface area contributed by atoms with E-state index in [1.165, 1.54) is 0 Å². The van der Waals surface area contributed by atoms with Gasteiger partial charge in [-0.2, -0.15) is 11.0 Å². The molecule has 0 aromatic carbocycles. The van der Waals surface area contributed by atoms with Gasteiger partial charge in [0.1, 0.15) is 0 Å². The lowest BCUT2D eigenvalue weighted by Crippen LogP contribution is -2.21. The fourth-order valence-electron chi connectivity index (χ4n) is 0.144. The van der Waals surface area contributed by atoms with Crippen molar-refractivity contribution in [1.29, 1.82) is 0 Å². The topological polar surface area (TPSA) is 33.3 Å². The fraction of sp³-hybridized carbons (Fsp3) is 1.00. The van der Waals surface area contributed by atoms with Crippen LogP contribution in [0.1, 0.15) is 6.92 Å². The first-order valence-corrected chi connectivity index (χ1v) is 1.97. The lowest BCUT2D eigenvalue weighted by Gasteiger charge is -1.95. The first kappa shape index (κ1) is 10.2. The molecule has 0 fully saturated rings. The maximum Gasteiger partial charge on any atom is 0.0200 e. The summed E-state index contributed by atoms with van der Waals surface area (Å²) in [6.45, 7) is 2.78. The molecule has 0 aliphatic carbocycles. The van der Waals surface area contributed by atoms with Crippen LogP contribution < -0.4 is 11.0 Å². The first-order valence-electron chi connectivity index (χ1n) is 1.97. The van der Waals surface area contributed by atoms with Crippen molar-refractivity contribution < 1.29 is 4.94 Å². The molecule has 0 aromatic rings. The summed E-state index contributed by atoms with van der Waals surface area (Å²) in [6, 6.07) is 0. The standard InChI is InChI=1S/C3H10N2O.ClH/c1-3-5-6-4-2;/h4-5H,3H2,1-2H3;1H. The van der Waals surface area contributed by atoms with E-state index in [0.29, 0.717) is 0 Å². The van der Waals surface area contributed by atoms with Gasteiger partial charge in [0.2, 0.25) is 0 Å². The average molecular weight is 127 g/mol. The quantitative estimate of drug-likeness (QED) is 0.415. The fourth-order valence-corrected chi connectivity index (χ4v) is 0.144. The molecule has 7 heavy (non-hydrogen) atoms. The van der Waals surface area contributed by atoms with Crippen LogP contribution in [0, 0.1) is 0 Å². The molecule has 2 N–H and O–H groups in total. The van der Waals surface area contributed by atoms with Gasteiger partial charge < -0.3 is 0 Å². The van der Waals surface area contributed by atoms with Gasteiger partial charge in [-0.15, -0.1) is 12.4 Å². The zero-order valence-corrected chi connectivity index (χ0v) is 5.34. The van der Waals surface area contributed by atoms with Crippen LogP contribution in [0.5, 0.6) is 0 Å². The van der Waals surface area contributed by atoms with Gasteiger partial charge in [-0.3, -0.25) is 0 Å². The summed E-state index contributed by atoms with van der Waals surface area (Å²) in [7, 11) is 1.70. The third-order valence-corrected chi connectivity index (χ3v) is 0.319. The minimum absolute atomic E-state index is 0. The van der Waals surface area contributed by atoms with Gasteiger partial charge in [0, 0.05) is 13.6 Å². The largest absolute Gasteiger partial charge is 0.214 e. The van der Waals surface area contributed by atoms with E-state index in [-0.39, 0.29) is 12.4 Å². The van der Waals surface area contributed by atoms with Crippen LogP contribution >= 0.6 is 12.4 Å². The Labute approximate surface area is 49.7 Å². The molecular formula is C3H11ClN2O. The molecule has 0 atom stereocenters. The second-order valence-electron chi connectivity index (χ2n) is 0.804. The SMILES string of the molecule is CCNONC.Cl. The normalized spacial score (nSPS) is 7.71. The molecule has 0 aliphatic rings. The van der Waals surface area contributed by atoms with Crippen molar-refractivity contribution in [2.45, 2.75) is 6.92 Å². The van der Waals surface area contributed by atoms with Crippen molar-refractivity contribution in [3.63, 3.8) is 0 Å². The summed E-state index contributed by atoms with van der Waals surface area (Å²) in [5, 5.41) is 0. The Morgan fingerprint density at radius 2 is 2.14 bits per heavy atom. The highest BCUT2D eigenvalue weighted by atomic mass is 35.5. The van der Waals surface area contributed by atoms with Crippen molar-refractivity contribution in [1.82, 2.24) is 11.0 Å². The van der Waals surface area contributed by atoms with Crippen LogP contribution in [0.3, 0.4) is 0 Å². The van der Waals surface area contributed by atoms with Gasteiger partial charge >= 0.3 is 0 Å². The predicted molar refractivity (Wildman–Crippen MR) is 31.1 cm³/mol. The average Bonchev–Trinajstić information content (AvgIpc) is 1.61. The van der Waals surface area contributed by atoms with Gasteiger partial charge in [0.05, 0.1) is 0 Å². The zero-order chi connectivity index (χ0) is 4.83. The summed E-state index contributed by atoms with van der Waals surface area (Å²) < 4.78 is 0. The number of halogens is 1. The van der Waals surface area contributed by atoms with Crippen LogP contribution in [0.4, 0.5) is 0 Å². The van der Waals surface area contributed by atoms with Gasteiger partial charge in [-0.05, 0) is 0 Å². The van der Waals surface area contributed by atoms with Crippen LogP contribution in [0.2, 0.25) is 0 Å². The van der Waals surface area contributed by atoms with E-state index in [4.69, 9.17) is 0 Å². The van der Waals surface area contributed by atoms with Gasteiger partial charge in [-0.25, -0.2) is 4.94 Å². The summed E-state index contributed by atoms with van der Waals surface area (Å²) in [4.78, 5) is 4.48. The van der Waals surface area contributed by atoms with Crippen molar-refractivity contribution in [3.05, 3.63) is 0 Å². The highest BCUT2D eigenvalue weighted by Crippen LogP contribution is 1.48. The van der Waals surface area contributed by atoms with Crippen molar-refractivity contribution in [2.75, 3.05) is 13.6 Å². The minimum atomic E-state index is 0. The number of nitrogens with one attached hydrogen (secondary N) is 2. The van der Waals surface area contributed by atoms with E-state index >= 15 is 0 Å². The Kier molecular flexibility index (Phi) is 13.8. The Hall–Kier alpha value is 0.170. The van der Waals surface area contributed by atoms with E-state index in [0.717, 1.165) is 6.54 Å². The smallest absolute Gasteiger partial charge is 0.0200 e. The first-order chi connectivity index (χ1) is 2.91. The number of hydrogen-bond donors (Lipinski definition) is 2. The van der Waals surface area contributed by atoms with Crippen molar-refractivity contribution in [2.24, 2.45) is 0 Å². The molecular weight excluding hydrogens is 115 g/mol. The minimum Gasteiger partial charge on any atom is -0.214 e. The third kappa shape index (κ3) is 10.7. The lowest BCUT2D eigenvalue weighted by atomic mass is 10.8. The predicted octanol–water partition coefficient (Wildman–Crippen LogP) is 0.0837. The van der Waals surface area contributed by atoms with Crippen molar-refractivity contribution in [3.8, 4) is 0 Å². The Balaban J connectivity index is 0. The third-order valence-electron chi connectivity index (χ3n) is 0.319. The highest BCUT2D eigenvalue weighted by molar-refractivity contribution is 5.85. The number of hydroxylamine groups is 2. The van der Waals surface area contributed by atoms with E-state index in [9.17, 15) is 0 Å². The molecule has 0 amide bonds. The van der Waals surface area contributed by atoms with E-state index in [1.54, 1.807) is 7.05 Å². The van der Waals surface area contributed by atoms with Gasteiger partial charge in [0.25, 0.3) is 0 Å². The summed E-state index contributed by atoms with van der Waals surface area (Å²) in [6.07, 6.45) is 0. The lowest BCUT2D eigenvalue weighted by molar-refractivity contribution is -0.0223. The van der Waals surface area contributed by atoms with Gasteiger partial charge in [0.15, 0.2) is 0 Å². The Morgan fingerprint density at radius 1 is 1.57 bits per heavy atom. The number of hydrogen-bond acceptors (Lipinski definition) is 3. The zero-order valence-electron chi connectivity index (χ0n) is 4.52. The van der Waals surface area contributed by atoms with E-state index < -0.39 is 0 Å². The molecule has 0 rings (SSSR count). The van der Waals surface area contributed by atoms with Gasteiger partial charge in [-0.1, -0.05) is 6.92 Å². The monoisotopic (exact) mass is 126 g/mol. The second kappa shape index (κ2) is 9.48. The van der Waals surface area contributed by atoms with E-state index in [2.05, 4.69) is 15.9 Å². The van der Waals surface area contributed by atoms with Crippen LogP contribution in [-0.2, 0) is 4.94 Å². The molecule has 0 bridgehead atoms. The van der Waals surface area contributed by atoms with Crippen LogP contribution in [-0.4, -0.2) is 13.6 Å². The number of rotatable bonds is 3. The molecule has 0 spiro atoms. The summed E-state index contributed by atoms with van der Waals surface area (Å²) >= 11 is 0. The molecule has 0 saturated heterocycles. The summed E-state index contributed by atoms with van der Waals surface area (Å²) in [5.41, 5.74) is 5.04. The Bertz CT molecular complexity index is 24.9. The molecule has 0 aliphatic heterocycles. The summed E-state index contributed by atoms with van der Waals surface area (Å²) in [5.74, 6) is 0. The van der Waals surface area contributed by atoms with Crippen LogP contribution in [0.25, 0.3) is 0 Å². The maximum atomic E-state index is 4.48. The molecule has 0 unspecified atom stereocenters. The molecule has 46 valence electrons. The molecule has 0 saturated carbocycles. The van der Waals surface area contributed by atoms with Crippen LogP contribution in [0.15, 0.2) is 0 Å².